The third kappa shape index (κ3) is 4.56. The summed E-state index contributed by atoms with van der Waals surface area (Å²) in [5, 5.41) is 0.955. The van der Waals surface area contributed by atoms with E-state index < -0.39 is 15.9 Å². The van der Waals surface area contributed by atoms with Crippen LogP contribution in [0.3, 0.4) is 0 Å². The molecule has 5 nitrogen and oxygen atoms in total. The fourth-order valence-corrected chi connectivity index (χ4v) is 5.71. The van der Waals surface area contributed by atoms with Gasteiger partial charge in [-0.25, -0.2) is 8.42 Å². The highest BCUT2D eigenvalue weighted by molar-refractivity contribution is 7.91. The molecule has 0 radical (unpaired) electrons. The molecule has 1 unspecified atom stereocenters. The number of benzene rings is 2. The van der Waals surface area contributed by atoms with Crippen molar-refractivity contribution in [1.29, 1.82) is 0 Å². The van der Waals surface area contributed by atoms with Gasteiger partial charge >= 0.3 is 0 Å². The van der Waals surface area contributed by atoms with Crippen molar-refractivity contribution in [2.45, 2.75) is 19.0 Å². The zero-order chi connectivity index (χ0) is 21.3. The lowest BCUT2D eigenvalue weighted by Gasteiger charge is -2.27. The Labute approximate surface area is 185 Å². The van der Waals surface area contributed by atoms with E-state index in [2.05, 4.69) is 0 Å². The Hall–Kier alpha value is -2.28. The van der Waals surface area contributed by atoms with E-state index in [1.807, 2.05) is 30.3 Å². The Morgan fingerprint density at radius 3 is 2.53 bits per heavy atom. The van der Waals surface area contributed by atoms with Crippen LogP contribution in [-0.4, -0.2) is 36.8 Å². The first-order valence-electron chi connectivity index (χ1n) is 9.43. The molecule has 0 bridgehead atoms. The number of carbonyl (C=O) groups is 1. The predicted molar refractivity (Wildman–Crippen MR) is 118 cm³/mol. The molecule has 1 saturated heterocycles. The molecule has 1 aliphatic rings. The molecule has 1 aliphatic heterocycles. The molecule has 1 aromatic heterocycles. The van der Waals surface area contributed by atoms with Gasteiger partial charge in [0.1, 0.15) is 5.76 Å². The lowest BCUT2D eigenvalue weighted by molar-refractivity contribution is 0.0649. The van der Waals surface area contributed by atoms with Crippen molar-refractivity contribution in [2.75, 3.05) is 11.5 Å². The van der Waals surface area contributed by atoms with Crippen molar-refractivity contribution in [3.8, 4) is 11.3 Å². The molecule has 8 heteroatoms. The van der Waals surface area contributed by atoms with Gasteiger partial charge in [-0.2, -0.15) is 0 Å². The van der Waals surface area contributed by atoms with Crippen LogP contribution in [0, 0.1) is 0 Å². The highest BCUT2D eigenvalue weighted by Crippen LogP contribution is 2.32. The quantitative estimate of drug-likeness (QED) is 0.528. The van der Waals surface area contributed by atoms with Gasteiger partial charge in [0.2, 0.25) is 0 Å². The van der Waals surface area contributed by atoms with Crippen LogP contribution in [0.15, 0.2) is 65.1 Å². The van der Waals surface area contributed by atoms with E-state index in [4.69, 9.17) is 27.6 Å². The first kappa shape index (κ1) is 21.0. The Bertz CT molecular complexity index is 1170. The molecule has 1 atom stereocenters. The van der Waals surface area contributed by atoms with Gasteiger partial charge in [-0.1, -0.05) is 53.5 Å². The average Bonchev–Trinajstić information content (AvgIpc) is 3.35. The summed E-state index contributed by atoms with van der Waals surface area (Å²) >= 11 is 12.3. The summed E-state index contributed by atoms with van der Waals surface area (Å²) in [5.74, 6) is 0.230. The second-order valence-electron chi connectivity index (χ2n) is 7.26. The Morgan fingerprint density at radius 1 is 1.07 bits per heavy atom. The number of rotatable bonds is 5. The van der Waals surface area contributed by atoms with Gasteiger partial charge < -0.3 is 9.32 Å². The largest absolute Gasteiger partial charge is 0.451 e. The van der Waals surface area contributed by atoms with E-state index in [-0.39, 0.29) is 23.2 Å². The normalized spacial score (nSPS) is 17.7. The fourth-order valence-electron chi connectivity index (χ4n) is 3.59. The lowest BCUT2D eigenvalue weighted by Crippen LogP contribution is -2.40. The minimum absolute atomic E-state index is 0.0424. The van der Waals surface area contributed by atoms with Gasteiger partial charge in [0.15, 0.2) is 15.6 Å². The molecule has 2 aromatic carbocycles. The molecule has 2 heterocycles. The van der Waals surface area contributed by atoms with Gasteiger partial charge in [0.25, 0.3) is 5.91 Å². The third-order valence-electron chi connectivity index (χ3n) is 5.12. The number of amides is 1. The lowest BCUT2D eigenvalue weighted by atomic mass is 10.1. The third-order valence-corrected chi connectivity index (χ3v) is 7.43. The number of halogens is 2. The van der Waals surface area contributed by atoms with Crippen molar-refractivity contribution < 1.29 is 17.6 Å². The Kier molecular flexibility index (Phi) is 5.91. The molecule has 156 valence electrons. The summed E-state index contributed by atoms with van der Waals surface area (Å²) in [7, 11) is -3.15. The number of hydrogen-bond donors (Lipinski definition) is 0. The minimum Gasteiger partial charge on any atom is -0.451 e. The maximum atomic E-state index is 13.3. The van der Waals surface area contributed by atoms with Crippen molar-refractivity contribution in [2.24, 2.45) is 0 Å². The minimum atomic E-state index is -3.15. The summed E-state index contributed by atoms with van der Waals surface area (Å²) in [5.41, 5.74) is 1.50. The highest BCUT2D eigenvalue weighted by Gasteiger charge is 2.36. The number of nitrogens with zero attached hydrogens (tertiary/aromatic N) is 1. The second kappa shape index (κ2) is 8.46. The molecule has 1 fully saturated rings. The summed E-state index contributed by atoms with van der Waals surface area (Å²) < 4.78 is 29.9. The van der Waals surface area contributed by atoms with Crippen LogP contribution < -0.4 is 0 Å². The van der Waals surface area contributed by atoms with E-state index in [0.29, 0.717) is 34.3 Å². The SMILES string of the molecule is O=C(c1ccc(-c2cc(Cl)ccc2Cl)o1)N(Cc1ccccc1)C1CCS(=O)(=O)C1. The smallest absolute Gasteiger partial charge is 0.290 e. The second-order valence-corrected chi connectivity index (χ2v) is 10.3. The van der Waals surface area contributed by atoms with Crippen LogP contribution in [0.5, 0.6) is 0 Å². The molecule has 0 N–H and O–H groups in total. The molecule has 0 aliphatic carbocycles. The summed E-state index contributed by atoms with van der Waals surface area (Å²) in [6, 6.07) is 17.3. The van der Waals surface area contributed by atoms with Crippen LogP contribution in [0.25, 0.3) is 11.3 Å². The molecule has 1 amide bonds. The van der Waals surface area contributed by atoms with Gasteiger partial charge in [-0.15, -0.1) is 0 Å². The van der Waals surface area contributed by atoms with Crippen LogP contribution in [0.2, 0.25) is 10.0 Å². The molecule has 0 spiro atoms. The van der Waals surface area contributed by atoms with E-state index in [9.17, 15) is 13.2 Å². The molecule has 3 aromatic rings. The zero-order valence-electron chi connectivity index (χ0n) is 15.9. The van der Waals surface area contributed by atoms with Crippen LogP contribution in [0.4, 0.5) is 0 Å². The topological polar surface area (TPSA) is 67.6 Å². The van der Waals surface area contributed by atoms with Crippen molar-refractivity contribution in [1.82, 2.24) is 4.90 Å². The van der Waals surface area contributed by atoms with E-state index in [1.165, 1.54) is 0 Å². The van der Waals surface area contributed by atoms with Crippen LogP contribution in [0.1, 0.15) is 22.5 Å². The van der Waals surface area contributed by atoms with Crippen molar-refractivity contribution in [3.05, 3.63) is 82.0 Å². The number of furan rings is 1. The van der Waals surface area contributed by atoms with Crippen molar-refractivity contribution in [3.63, 3.8) is 0 Å². The summed E-state index contributed by atoms with van der Waals surface area (Å²) in [6.07, 6.45) is 0.411. The Morgan fingerprint density at radius 2 is 1.83 bits per heavy atom. The van der Waals surface area contributed by atoms with E-state index in [0.717, 1.165) is 5.56 Å². The molecule has 0 saturated carbocycles. The molecule has 4 rings (SSSR count). The molecular formula is C22H19Cl2NO4S. The van der Waals surface area contributed by atoms with Gasteiger partial charge in [-0.3, -0.25) is 4.79 Å². The van der Waals surface area contributed by atoms with Gasteiger partial charge in [0, 0.05) is 23.2 Å². The zero-order valence-corrected chi connectivity index (χ0v) is 18.3. The van der Waals surface area contributed by atoms with Crippen LogP contribution in [-0.2, 0) is 16.4 Å². The predicted octanol–water partition coefficient (Wildman–Crippen LogP) is 5.08. The van der Waals surface area contributed by atoms with E-state index in [1.54, 1.807) is 35.2 Å². The van der Waals surface area contributed by atoms with Crippen LogP contribution >= 0.6 is 23.2 Å². The summed E-state index contributed by atoms with van der Waals surface area (Å²) in [4.78, 5) is 14.9. The van der Waals surface area contributed by atoms with Gasteiger partial charge in [-0.05, 0) is 42.3 Å². The number of sulfone groups is 1. The maximum absolute atomic E-state index is 13.3. The standard InChI is InChI=1S/C22H19Cl2NO4S/c23-16-6-7-19(24)18(12-16)20-8-9-21(29-20)22(26)25(13-15-4-2-1-3-5-15)17-10-11-30(27,28)14-17/h1-9,12,17H,10-11,13-14H2. The maximum Gasteiger partial charge on any atom is 0.290 e. The first-order valence-corrected chi connectivity index (χ1v) is 12.0. The summed E-state index contributed by atoms with van der Waals surface area (Å²) in [6.45, 7) is 0.299. The Balaban J connectivity index is 1.65. The molecular weight excluding hydrogens is 445 g/mol. The average molecular weight is 464 g/mol. The first-order chi connectivity index (χ1) is 14.3. The fraction of sp³-hybridized carbons (Fsp3) is 0.227. The molecule has 30 heavy (non-hydrogen) atoms. The van der Waals surface area contributed by atoms with Crippen molar-refractivity contribution >= 4 is 38.9 Å². The number of carbonyl (C=O) groups excluding carboxylic acids is 1. The number of hydrogen-bond acceptors (Lipinski definition) is 4. The highest BCUT2D eigenvalue weighted by atomic mass is 35.5. The van der Waals surface area contributed by atoms with E-state index >= 15 is 0 Å². The monoisotopic (exact) mass is 463 g/mol. The van der Waals surface area contributed by atoms with Gasteiger partial charge in [0.05, 0.1) is 16.5 Å².